The number of anilines is 2. The van der Waals surface area contributed by atoms with Crippen molar-refractivity contribution < 1.29 is 4.79 Å². The zero-order valence-electron chi connectivity index (χ0n) is 26.0. The van der Waals surface area contributed by atoms with Crippen LogP contribution in [0.2, 0.25) is 0 Å². The van der Waals surface area contributed by atoms with Crippen LogP contribution in [0.3, 0.4) is 0 Å². The Morgan fingerprint density at radius 2 is 1.55 bits per heavy atom. The summed E-state index contributed by atoms with van der Waals surface area (Å²) in [4.78, 5) is 14.1. The van der Waals surface area contributed by atoms with Gasteiger partial charge in [-0.25, -0.2) is 0 Å². The molecule has 218 valence electrons. The van der Waals surface area contributed by atoms with Gasteiger partial charge in [0.2, 0.25) is 5.91 Å². The fourth-order valence-electron chi connectivity index (χ4n) is 9.74. The number of fused-ring (bicyclic) bond motifs is 6. The first-order valence-corrected chi connectivity index (χ1v) is 16.2. The molecule has 6 rings (SSSR count). The first kappa shape index (κ1) is 29.0. The fourth-order valence-corrected chi connectivity index (χ4v) is 9.74. The van der Waals surface area contributed by atoms with Crippen molar-refractivity contribution >= 4 is 17.3 Å². The molecule has 4 aliphatic carbocycles. The van der Waals surface area contributed by atoms with E-state index in [0.717, 1.165) is 50.8 Å². The maximum atomic E-state index is 14.1. The molecule has 4 heteroatoms. The summed E-state index contributed by atoms with van der Waals surface area (Å²) in [5.74, 6) is 1.83. The molecule has 2 aromatic carbocycles. The molecule has 0 saturated heterocycles. The Balaban J connectivity index is 0.00000158. The number of nitrogens with two attached hydrogens (primary N) is 1. The number of rotatable bonds is 4. The van der Waals surface area contributed by atoms with Gasteiger partial charge >= 0.3 is 0 Å². The van der Waals surface area contributed by atoms with Crippen LogP contribution in [0.15, 0.2) is 36.4 Å². The second-order valence-corrected chi connectivity index (χ2v) is 13.7. The lowest BCUT2D eigenvalue weighted by Gasteiger charge is -2.55. The molecule has 0 bridgehead atoms. The third-order valence-electron chi connectivity index (χ3n) is 11.8. The average Bonchev–Trinajstić information content (AvgIpc) is 2.96. The van der Waals surface area contributed by atoms with Gasteiger partial charge in [0.05, 0.1) is 5.41 Å². The van der Waals surface area contributed by atoms with E-state index in [1.54, 1.807) is 5.56 Å². The highest BCUT2D eigenvalue weighted by Crippen LogP contribution is 2.58. The Hall–Kier alpha value is -2.49. The van der Waals surface area contributed by atoms with Crippen LogP contribution in [-0.4, -0.2) is 19.5 Å². The van der Waals surface area contributed by atoms with E-state index in [0.29, 0.717) is 23.7 Å². The van der Waals surface area contributed by atoms with Crippen LogP contribution in [0.25, 0.3) is 0 Å². The number of nitrogens with one attached hydrogen (secondary N) is 2. The van der Waals surface area contributed by atoms with Gasteiger partial charge in [0.15, 0.2) is 0 Å². The van der Waals surface area contributed by atoms with E-state index < -0.39 is 0 Å². The zero-order chi connectivity index (χ0) is 28.7. The molecule has 1 amide bonds. The average molecular weight is 544 g/mol. The van der Waals surface area contributed by atoms with Crippen molar-refractivity contribution in [1.29, 1.82) is 0 Å². The molecule has 4 nitrogen and oxygen atoms in total. The van der Waals surface area contributed by atoms with Crippen LogP contribution in [0.1, 0.15) is 108 Å². The predicted octanol–water partition coefficient (Wildman–Crippen LogP) is 7.78. The minimum Gasteiger partial charge on any atom is -0.399 e. The highest BCUT2D eigenvalue weighted by atomic mass is 16.2. The summed E-state index contributed by atoms with van der Waals surface area (Å²) in [6, 6.07) is 13.4. The first-order valence-electron chi connectivity index (χ1n) is 16.2. The maximum absolute atomic E-state index is 14.1. The van der Waals surface area contributed by atoms with Gasteiger partial charge in [0.1, 0.15) is 0 Å². The van der Waals surface area contributed by atoms with Crippen LogP contribution in [0.4, 0.5) is 11.4 Å². The Morgan fingerprint density at radius 3 is 2.30 bits per heavy atom. The van der Waals surface area contributed by atoms with E-state index in [-0.39, 0.29) is 16.2 Å². The van der Waals surface area contributed by atoms with Gasteiger partial charge in [0.25, 0.3) is 0 Å². The molecule has 0 aliphatic heterocycles. The van der Waals surface area contributed by atoms with Gasteiger partial charge in [-0.3, -0.25) is 4.79 Å². The summed E-state index contributed by atoms with van der Waals surface area (Å²) < 4.78 is 0. The fraction of sp³-hybridized carbons (Fsp3) is 0.639. The number of nitrogen functional groups attached to an aromatic ring is 1. The van der Waals surface area contributed by atoms with Gasteiger partial charge in [-0.1, -0.05) is 59.6 Å². The summed E-state index contributed by atoms with van der Waals surface area (Å²) in [5, 5.41) is 6.92. The number of hydrogen-bond donors (Lipinski definition) is 3. The van der Waals surface area contributed by atoms with Crippen molar-refractivity contribution in [2.75, 3.05) is 24.6 Å². The van der Waals surface area contributed by atoms with Crippen molar-refractivity contribution in [3.63, 3.8) is 0 Å². The lowest BCUT2D eigenvalue weighted by molar-refractivity contribution is -0.139. The van der Waals surface area contributed by atoms with Gasteiger partial charge in [-0.2, -0.15) is 0 Å². The molecule has 0 aromatic heterocycles. The maximum Gasteiger partial charge on any atom is 0.226 e. The van der Waals surface area contributed by atoms with Crippen LogP contribution in [-0.2, 0) is 28.5 Å². The second kappa shape index (κ2) is 11.1. The minimum absolute atomic E-state index is 0.0226. The van der Waals surface area contributed by atoms with Gasteiger partial charge in [0, 0.05) is 25.0 Å². The van der Waals surface area contributed by atoms with Gasteiger partial charge < -0.3 is 16.4 Å². The molecule has 0 radical (unpaired) electrons. The van der Waals surface area contributed by atoms with Crippen molar-refractivity contribution in [2.24, 2.45) is 23.2 Å². The molecule has 0 spiro atoms. The smallest absolute Gasteiger partial charge is 0.226 e. The summed E-state index contributed by atoms with van der Waals surface area (Å²) in [6.07, 6.45) is 11.5. The van der Waals surface area contributed by atoms with E-state index >= 15 is 0 Å². The first-order chi connectivity index (χ1) is 19.2. The van der Waals surface area contributed by atoms with E-state index in [1.807, 2.05) is 27.0 Å². The summed E-state index contributed by atoms with van der Waals surface area (Å²) in [6.45, 7) is 12.0. The van der Waals surface area contributed by atoms with Crippen LogP contribution >= 0.6 is 0 Å². The lowest BCUT2D eigenvalue weighted by atomic mass is 9.49. The Morgan fingerprint density at radius 1 is 0.875 bits per heavy atom. The number of amides is 1. The molecule has 5 unspecified atom stereocenters. The third kappa shape index (κ3) is 4.64. The molecule has 0 heterocycles. The van der Waals surface area contributed by atoms with Gasteiger partial charge in [-0.05, 0) is 126 Å². The summed E-state index contributed by atoms with van der Waals surface area (Å²) >= 11 is 0. The van der Waals surface area contributed by atoms with E-state index in [1.165, 1.54) is 48.1 Å². The number of aryl methyl sites for hydroxylation is 2. The molecule has 4 N–H and O–H groups in total. The van der Waals surface area contributed by atoms with E-state index in [9.17, 15) is 4.79 Å². The molecule has 4 aliphatic rings. The Bertz CT molecular complexity index is 1240. The number of carbonyl (C=O) groups excluding carboxylic acids is 1. The molecule has 2 saturated carbocycles. The Labute approximate surface area is 243 Å². The molecule has 2 fully saturated rings. The lowest BCUT2D eigenvalue weighted by Crippen LogP contribution is -2.56. The number of hydrogen-bond acceptors (Lipinski definition) is 3. The van der Waals surface area contributed by atoms with Crippen molar-refractivity contribution in [3.8, 4) is 0 Å². The zero-order valence-corrected chi connectivity index (χ0v) is 26.0. The highest BCUT2D eigenvalue weighted by molar-refractivity contribution is 5.83. The molecule has 40 heavy (non-hydrogen) atoms. The Kier molecular flexibility index (Phi) is 8.03. The van der Waals surface area contributed by atoms with E-state index in [4.69, 9.17) is 5.73 Å². The topological polar surface area (TPSA) is 67.1 Å². The standard InChI is InChI=1S/C34H47N3O.C2H6/c1-32-16-5-7-24(27(32)14-10-23-9-13-26(36-4)20-29(23)32)21-37-31(38)34(3)18-6-17-33(2)28-19-25(35)12-8-22(28)11-15-30(33)34;1-2/h8-9,12-13,19-20,24,27,30,36H,5-7,10-11,14-18,21,35H2,1-4H3,(H,37,38);1-2H3/t24?,27?,30?,32?,33?,34-;/m0./s1. The van der Waals surface area contributed by atoms with Crippen LogP contribution in [0, 0.1) is 23.2 Å². The normalized spacial score (nSPS) is 34.1. The third-order valence-corrected chi connectivity index (χ3v) is 11.8. The number of benzene rings is 2. The highest BCUT2D eigenvalue weighted by Gasteiger charge is 2.55. The predicted molar refractivity (Wildman–Crippen MR) is 169 cm³/mol. The van der Waals surface area contributed by atoms with E-state index in [2.05, 4.69) is 61.7 Å². The van der Waals surface area contributed by atoms with Crippen LogP contribution in [0.5, 0.6) is 0 Å². The number of carbonyl (C=O) groups is 1. The van der Waals surface area contributed by atoms with Crippen molar-refractivity contribution in [1.82, 2.24) is 5.32 Å². The molecular formula is C36H53N3O. The van der Waals surface area contributed by atoms with Crippen molar-refractivity contribution in [3.05, 3.63) is 58.7 Å². The quantitative estimate of drug-likeness (QED) is 0.345. The summed E-state index contributed by atoms with van der Waals surface area (Å²) in [7, 11) is 2.01. The monoisotopic (exact) mass is 543 g/mol. The van der Waals surface area contributed by atoms with Gasteiger partial charge in [-0.15, -0.1) is 0 Å². The molecule has 2 aromatic rings. The van der Waals surface area contributed by atoms with Crippen molar-refractivity contribution in [2.45, 2.75) is 110 Å². The summed E-state index contributed by atoms with van der Waals surface area (Å²) in [5.41, 5.74) is 14.1. The molecular weight excluding hydrogens is 490 g/mol. The SMILES string of the molecule is CC.CNc1ccc2c(c1)C1(C)CCCC(CNC(=O)[C@@]3(C)CCCC4(C)c5cc(N)ccc5CCC43)C1CC2. The molecule has 6 atom stereocenters. The largest absolute Gasteiger partial charge is 0.399 e. The second-order valence-electron chi connectivity index (χ2n) is 13.7. The minimum atomic E-state index is -0.325. The van der Waals surface area contributed by atoms with Crippen LogP contribution < -0.4 is 16.4 Å².